The van der Waals surface area contributed by atoms with Crippen LogP contribution in [0.15, 0.2) is 24.5 Å². The van der Waals surface area contributed by atoms with Gasteiger partial charge in [0, 0.05) is 25.3 Å². The lowest BCUT2D eigenvalue weighted by molar-refractivity contribution is -0.139. The first-order valence-corrected chi connectivity index (χ1v) is 13.8. The lowest BCUT2D eigenvalue weighted by atomic mass is 10.1. The van der Waals surface area contributed by atoms with Crippen molar-refractivity contribution in [1.29, 1.82) is 0 Å². The molecule has 1 aliphatic rings. The number of carboxylic acids is 1. The number of carbonyl (C=O) groups is 2. The molecule has 13 heteroatoms. The number of pyridine rings is 1. The Hall–Kier alpha value is -3.32. The zero-order valence-corrected chi connectivity index (χ0v) is 23.8. The number of alkyl halides is 3. The van der Waals surface area contributed by atoms with Crippen molar-refractivity contribution in [2.24, 2.45) is 0 Å². The van der Waals surface area contributed by atoms with Crippen LogP contribution in [-0.4, -0.2) is 81.5 Å². The predicted molar refractivity (Wildman–Crippen MR) is 147 cm³/mol. The third-order valence-electron chi connectivity index (χ3n) is 6.67. The van der Waals surface area contributed by atoms with Gasteiger partial charge >= 0.3 is 12.1 Å². The molecule has 0 spiro atoms. The summed E-state index contributed by atoms with van der Waals surface area (Å²) in [5.41, 5.74) is -0.151. The van der Waals surface area contributed by atoms with E-state index in [0.717, 1.165) is 50.2 Å². The van der Waals surface area contributed by atoms with Gasteiger partial charge in [-0.1, -0.05) is 6.07 Å². The number of carbonyl (C=O) groups excluding carboxylic acids is 1. The fraction of sp³-hybridized carbons (Fsp3) is 0.607. The van der Waals surface area contributed by atoms with Crippen LogP contribution in [-0.2, 0) is 28.5 Å². The van der Waals surface area contributed by atoms with E-state index in [-0.39, 0.29) is 12.0 Å². The number of aliphatic carboxylic acids is 1. The van der Waals surface area contributed by atoms with E-state index in [4.69, 9.17) is 9.72 Å². The van der Waals surface area contributed by atoms with Gasteiger partial charge in [-0.15, -0.1) is 0 Å². The second-order valence-corrected chi connectivity index (χ2v) is 11.1. The molecule has 226 valence electrons. The molecule has 0 aliphatic carbocycles. The monoisotopic (exact) mass is 580 g/mol. The van der Waals surface area contributed by atoms with E-state index in [0.29, 0.717) is 38.6 Å². The molecule has 0 unspecified atom stereocenters. The van der Waals surface area contributed by atoms with Crippen LogP contribution in [0.3, 0.4) is 0 Å². The molecule has 3 rings (SSSR count). The van der Waals surface area contributed by atoms with Gasteiger partial charge in [-0.2, -0.15) is 23.4 Å². The predicted octanol–water partition coefficient (Wildman–Crippen LogP) is 3.96. The average molecular weight is 581 g/mol. The average Bonchev–Trinajstić information content (AvgIpc) is 2.91. The third-order valence-corrected chi connectivity index (χ3v) is 6.67. The number of hydrogen-bond donors (Lipinski definition) is 3. The molecule has 1 aliphatic heterocycles. The molecular weight excluding hydrogens is 541 g/mol. The Morgan fingerprint density at radius 2 is 1.88 bits per heavy atom. The zero-order chi connectivity index (χ0) is 30.0. The molecule has 0 radical (unpaired) electrons. The number of nitrogens with zero attached hydrogens (tertiary/aromatic N) is 4. The van der Waals surface area contributed by atoms with Crippen molar-refractivity contribution in [3.63, 3.8) is 0 Å². The Kier molecular flexibility index (Phi) is 11.4. The first-order valence-electron chi connectivity index (χ1n) is 13.8. The maximum absolute atomic E-state index is 13.3. The minimum absolute atomic E-state index is 0.00545. The normalized spacial score (nSPS) is 14.3. The first-order chi connectivity index (χ1) is 19.3. The lowest BCUT2D eigenvalue weighted by Gasteiger charge is -2.27. The number of hydrogen-bond acceptors (Lipinski definition) is 8. The van der Waals surface area contributed by atoms with Gasteiger partial charge in [-0.3, -0.25) is 4.79 Å². The van der Waals surface area contributed by atoms with E-state index in [2.05, 4.69) is 33.0 Å². The minimum atomic E-state index is -4.84. The summed E-state index contributed by atoms with van der Waals surface area (Å²) in [6.45, 7) is 8.66. The smallest absolute Gasteiger partial charge is 0.418 e. The van der Waals surface area contributed by atoms with E-state index in [9.17, 15) is 27.9 Å². The molecule has 1 amide bonds. The number of aromatic nitrogens is 3. The number of nitrogens with one attached hydrogen (secondary N) is 2. The van der Waals surface area contributed by atoms with Crippen LogP contribution in [0, 0.1) is 0 Å². The number of anilines is 1. The van der Waals surface area contributed by atoms with Gasteiger partial charge < -0.3 is 25.4 Å². The highest BCUT2D eigenvalue weighted by molar-refractivity contribution is 5.97. The summed E-state index contributed by atoms with van der Waals surface area (Å²) >= 11 is 0. The van der Waals surface area contributed by atoms with E-state index < -0.39 is 35.2 Å². The molecule has 0 aromatic carbocycles. The number of carboxylic acid groups (broad SMARTS) is 1. The SMILES string of the molecule is CC(C)(C)OCCN(CCCCc1ccc2c(n1)NCCC2)CC[C@H](NC(=O)c1cnncc1C(F)(F)F)C(=O)O. The van der Waals surface area contributed by atoms with Crippen molar-refractivity contribution in [3.05, 3.63) is 46.9 Å². The van der Waals surface area contributed by atoms with Crippen LogP contribution in [0.4, 0.5) is 19.0 Å². The van der Waals surface area contributed by atoms with Gasteiger partial charge in [0.15, 0.2) is 0 Å². The summed E-state index contributed by atoms with van der Waals surface area (Å²) in [6.07, 6.45) is 0.910. The Balaban J connectivity index is 1.57. The number of rotatable bonds is 14. The van der Waals surface area contributed by atoms with Crippen molar-refractivity contribution in [2.75, 3.05) is 38.1 Å². The quantitative estimate of drug-likeness (QED) is 0.284. The topological polar surface area (TPSA) is 130 Å². The summed E-state index contributed by atoms with van der Waals surface area (Å²) in [4.78, 5) is 31.3. The number of unbranched alkanes of at least 4 members (excludes halogenated alkanes) is 1. The van der Waals surface area contributed by atoms with Crippen LogP contribution in [0.5, 0.6) is 0 Å². The molecule has 3 heterocycles. The van der Waals surface area contributed by atoms with Crippen molar-refractivity contribution < 1.29 is 32.6 Å². The van der Waals surface area contributed by atoms with E-state index in [1.807, 2.05) is 25.7 Å². The van der Waals surface area contributed by atoms with Crippen LogP contribution in [0.2, 0.25) is 0 Å². The van der Waals surface area contributed by atoms with Crippen LogP contribution in [0.25, 0.3) is 0 Å². The molecule has 0 saturated carbocycles. The molecule has 0 bridgehead atoms. The summed E-state index contributed by atoms with van der Waals surface area (Å²) in [7, 11) is 0. The summed E-state index contributed by atoms with van der Waals surface area (Å²) in [5.74, 6) is -1.55. The molecule has 0 saturated heterocycles. The highest BCUT2D eigenvalue weighted by Gasteiger charge is 2.36. The standard InChI is InChI=1S/C28H39F3N6O4/c1-27(2,3)41-16-15-37(13-5-4-8-20-10-9-19-7-6-12-32-24(19)35-20)14-11-23(26(39)40)36-25(38)21-17-33-34-18-22(21)28(29,30)31/h9-10,17-18,23H,4-8,11-16H2,1-3H3,(H,32,35)(H,36,38)(H,39,40)/t23-/m0/s1. The van der Waals surface area contributed by atoms with Crippen LogP contribution >= 0.6 is 0 Å². The minimum Gasteiger partial charge on any atom is -0.480 e. The first kappa shape index (κ1) is 32.2. The summed E-state index contributed by atoms with van der Waals surface area (Å²) in [6, 6.07) is 2.79. The van der Waals surface area contributed by atoms with Gasteiger partial charge in [0.2, 0.25) is 0 Å². The van der Waals surface area contributed by atoms with Crippen molar-refractivity contribution in [3.8, 4) is 0 Å². The Bertz CT molecular complexity index is 1170. The molecule has 10 nitrogen and oxygen atoms in total. The number of aryl methyl sites for hydroxylation is 2. The number of ether oxygens (including phenoxy) is 1. The Morgan fingerprint density at radius 1 is 1.12 bits per heavy atom. The molecule has 1 atom stereocenters. The maximum Gasteiger partial charge on any atom is 0.418 e. The Morgan fingerprint density at radius 3 is 2.59 bits per heavy atom. The van der Waals surface area contributed by atoms with Crippen molar-refractivity contribution in [1.82, 2.24) is 25.4 Å². The second kappa shape index (κ2) is 14.5. The summed E-state index contributed by atoms with van der Waals surface area (Å²) in [5, 5.41) is 21.8. The zero-order valence-electron chi connectivity index (χ0n) is 23.8. The fourth-order valence-corrected chi connectivity index (χ4v) is 4.50. The third kappa shape index (κ3) is 10.5. The number of halogens is 3. The van der Waals surface area contributed by atoms with Gasteiger partial charge in [-0.05, 0) is 77.5 Å². The Labute approximate surface area is 238 Å². The number of fused-ring (bicyclic) bond motifs is 1. The number of amides is 1. The van der Waals surface area contributed by atoms with Gasteiger partial charge in [0.25, 0.3) is 5.91 Å². The lowest BCUT2D eigenvalue weighted by Crippen LogP contribution is -2.44. The second-order valence-electron chi connectivity index (χ2n) is 11.1. The van der Waals surface area contributed by atoms with E-state index in [1.165, 1.54) is 5.56 Å². The molecule has 41 heavy (non-hydrogen) atoms. The van der Waals surface area contributed by atoms with Gasteiger partial charge in [-0.25, -0.2) is 9.78 Å². The van der Waals surface area contributed by atoms with Gasteiger partial charge in [0.05, 0.1) is 35.7 Å². The van der Waals surface area contributed by atoms with Crippen molar-refractivity contribution in [2.45, 2.75) is 77.1 Å². The maximum atomic E-state index is 13.3. The highest BCUT2D eigenvalue weighted by Crippen LogP contribution is 2.31. The molecule has 0 fully saturated rings. The molecule has 2 aromatic heterocycles. The highest BCUT2D eigenvalue weighted by atomic mass is 19.4. The van der Waals surface area contributed by atoms with Crippen LogP contribution < -0.4 is 10.6 Å². The molecule has 2 aromatic rings. The molecule has 3 N–H and O–H groups in total. The van der Waals surface area contributed by atoms with E-state index in [1.54, 1.807) is 0 Å². The summed E-state index contributed by atoms with van der Waals surface area (Å²) < 4.78 is 45.8. The van der Waals surface area contributed by atoms with E-state index >= 15 is 0 Å². The largest absolute Gasteiger partial charge is 0.480 e. The fourth-order valence-electron chi connectivity index (χ4n) is 4.50. The van der Waals surface area contributed by atoms with Crippen molar-refractivity contribution >= 4 is 17.7 Å². The van der Waals surface area contributed by atoms with Gasteiger partial charge in [0.1, 0.15) is 11.9 Å². The van der Waals surface area contributed by atoms with Crippen LogP contribution in [0.1, 0.15) is 73.6 Å². The molecular formula is C28H39F3N6O4.